The summed E-state index contributed by atoms with van der Waals surface area (Å²) in [6, 6.07) is 4.69. The molecule has 2 aromatic rings. The molecule has 1 heterocycles. The van der Waals surface area contributed by atoms with Gasteiger partial charge in [0.1, 0.15) is 0 Å². The summed E-state index contributed by atoms with van der Waals surface area (Å²) in [7, 11) is 0. The highest BCUT2D eigenvalue weighted by Gasteiger charge is 2.29. The Bertz CT molecular complexity index is 662. The van der Waals surface area contributed by atoms with E-state index < -0.39 is 10.5 Å². The standard InChI is InChI=1S/C14H18N4O3/c1-4-14(15,5-2)13-16-12(21-17-13)10-6-7-11(18(19)20)9(3)8-10/h6-8H,4-5,15H2,1-3H3. The Hall–Kier alpha value is -2.28. The molecule has 1 aromatic heterocycles. The molecule has 1 aromatic carbocycles. The first kappa shape index (κ1) is 15.1. The minimum Gasteiger partial charge on any atom is -0.334 e. The third kappa shape index (κ3) is 2.78. The van der Waals surface area contributed by atoms with Gasteiger partial charge < -0.3 is 10.3 Å². The van der Waals surface area contributed by atoms with Crippen LogP contribution in [0.25, 0.3) is 11.5 Å². The van der Waals surface area contributed by atoms with Gasteiger partial charge >= 0.3 is 0 Å². The van der Waals surface area contributed by atoms with Crippen LogP contribution in [0.1, 0.15) is 38.1 Å². The largest absolute Gasteiger partial charge is 0.334 e. The van der Waals surface area contributed by atoms with E-state index in [-0.39, 0.29) is 5.69 Å². The summed E-state index contributed by atoms with van der Waals surface area (Å²) in [5.74, 6) is 0.776. The van der Waals surface area contributed by atoms with Crippen molar-refractivity contribution in [3.63, 3.8) is 0 Å². The monoisotopic (exact) mass is 290 g/mol. The number of nitro groups is 1. The lowest BCUT2D eigenvalue weighted by atomic mass is 9.93. The predicted molar refractivity (Wildman–Crippen MR) is 77.6 cm³/mol. The molecule has 7 nitrogen and oxygen atoms in total. The SMILES string of the molecule is CCC(N)(CC)c1noc(-c2ccc([N+](=O)[O-])c(C)c2)n1. The van der Waals surface area contributed by atoms with Crippen LogP contribution in [-0.4, -0.2) is 15.1 Å². The smallest absolute Gasteiger partial charge is 0.272 e. The lowest BCUT2D eigenvalue weighted by Gasteiger charge is -2.21. The second-order valence-electron chi connectivity index (χ2n) is 5.04. The van der Waals surface area contributed by atoms with Gasteiger partial charge in [-0.2, -0.15) is 4.98 Å². The molecule has 0 aliphatic carbocycles. The van der Waals surface area contributed by atoms with Crippen LogP contribution < -0.4 is 5.73 Å². The zero-order valence-electron chi connectivity index (χ0n) is 12.3. The molecule has 0 aliphatic heterocycles. The molecular formula is C14H18N4O3. The normalized spacial score (nSPS) is 11.6. The van der Waals surface area contributed by atoms with Crippen LogP contribution in [-0.2, 0) is 5.54 Å². The molecule has 0 fully saturated rings. The fourth-order valence-electron chi connectivity index (χ4n) is 2.10. The third-order valence-corrected chi connectivity index (χ3v) is 3.77. The summed E-state index contributed by atoms with van der Waals surface area (Å²) >= 11 is 0. The number of hydrogen-bond acceptors (Lipinski definition) is 6. The third-order valence-electron chi connectivity index (χ3n) is 3.77. The van der Waals surface area contributed by atoms with Crippen molar-refractivity contribution < 1.29 is 9.45 Å². The van der Waals surface area contributed by atoms with Gasteiger partial charge in [0.25, 0.3) is 11.6 Å². The van der Waals surface area contributed by atoms with Gasteiger partial charge in [0.05, 0.1) is 10.5 Å². The molecule has 0 aliphatic rings. The van der Waals surface area contributed by atoms with E-state index in [0.29, 0.717) is 35.7 Å². The number of aryl methyl sites for hydroxylation is 1. The van der Waals surface area contributed by atoms with Crippen LogP contribution in [0.15, 0.2) is 22.7 Å². The average Bonchev–Trinajstić information content (AvgIpc) is 2.96. The Kier molecular flexibility index (Phi) is 4.04. The van der Waals surface area contributed by atoms with Crippen molar-refractivity contribution in [2.75, 3.05) is 0 Å². The summed E-state index contributed by atoms with van der Waals surface area (Å²) in [4.78, 5) is 14.7. The van der Waals surface area contributed by atoms with Crippen molar-refractivity contribution in [3.05, 3.63) is 39.7 Å². The van der Waals surface area contributed by atoms with E-state index in [1.54, 1.807) is 19.1 Å². The van der Waals surface area contributed by atoms with Crippen molar-refractivity contribution in [1.82, 2.24) is 10.1 Å². The molecule has 0 saturated carbocycles. The number of benzene rings is 1. The van der Waals surface area contributed by atoms with Crippen LogP contribution in [0.2, 0.25) is 0 Å². The second-order valence-corrected chi connectivity index (χ2v) is 5.04. The van der Waals surface area contributed by atoms with Crippen molar-refractivity contribution in [2.24, 2.45) is 5.73 Å². The molecular weight excluding hydrogens is 272 g/mol. The first-order chi connectivity index (χ1) is 9.91. The number of aromatic nitrogens is 2. The number of nitrogens with two attached hydrogens (primary N) is 1. The topological polar surface area (TPSA) is 108 Å². The zero-order valence-corrected chi connectivity index (χ0v) is 12.3. The highest BCUT2D eigenvalue weighted by atomic mass is 16.6. The first-order valence-corrected chi connectivity index (χ1v) is 6.79. The molecule has 2 N–H and O–H groups in total. The summed E-state index contributed by atoms with van der Waals surface area (Å²) in [6.45, 7) is 5.61. The zero-order chi connectivity index (χ0) is 15.6. The highest BCUT2D eigenvalue weighted by molar-refractivity contribution is 5.58. The van der Waals surface area contributed by atoms with E-state index in [2.05, 4.69) is 10.1 Å². The molecule has 2 rings (SSSR count). The van der Waals surface area contributed by atoms with Crippen molar-refractivity contribution in [1.29, 1.82) is 0 Å². The molecule has 112 valence electrons. The number of nitro benzene ring substituents is 1. The quantitative estimate of drug-likeness (QED) is 0.670. The first-order valence-electron chi connectivity index (χ1n) is 6.79. The fraction of sp³-hybridized carbons (Fsp3) is 0.429. The van der Waals surface area contributed by atoms with Gasteiger partial charge in [-0.15, -0.1) is 0 Å². The Morgan fingerprint density at radius 3 is 2.57 bits per heavy atom. The van der Waals surface area contributed by atoms with Crippen molar-refractivity contribution in [2.45, 2.75) is 39.2 Å². The van der Waals surface area contributed by atoms with E-state index in [4.69, 9.17) is 10.3 Å². The summed E-state index contributed by atoms with van der Waals surface area (Å²) in [5, 5.41) is 14.8. The average molecular weight is 290 g/mol. The van der Waals surface area contributed by atoms with Crippen molar-refractivity contribution >= 4 is 5.69 Å². The highest BCUT2D eigenvalue weighted by Crippen LogP contribution is 2.28. The van der Waals surface area contributed by atoms with Crippen LogP contribution in [0.5, 0.6) is 0 Å². The van der Waals surface area contributed by atoms with Crippen molar-refractivity contribution in [3.8, 4) is 11.5 Å². The molecule has 0 unspecified atom stereocenters. The number of rotatable bonds is 5. The Morgan fingerprint density at radius 2 is 2.05 bits per heavy atom. The molecule has 7 heteroatoms. The van der Waals surface area contributed by atoms with E-state index in [1.165, 1.54) is 6.07 Å². The number of nitrogens with zero attached hydrogens (tertiary/aromatic N) is 3. The van der Waals surface area contributed by atoms with Crippen LogP contribution in [0.3, 0.4) is 0 Å². The molecule has 0 bridgehead atoms. The van der Waals surface area contributed by atoms with E-state index in [9.17, 15) is 10.1 Å². The van der Waals surface area contributed by atoms with Gasteiger partial charge in [-0.3, -0.25) is 10.1 Å². The summed E-state index contributed by atoms with van der Waals surface area (Å²) in [6.07, 6.45) is 1.39. The maximum absolute atomic E-state index is 10.8. The van der Waals surface area contributed by atoms with Gasteiger partial charge in [0.15, 0.2) is 5.82 Å². The van der Waals surface area contributed by atoms with E-state index in [1.807, 2.05) is 13.8 Å². The van der Waals surface area contributed by atoms with Gasteiger partial charge in [0.2, 0.25) is 0 Å². The maximum atomic E-state index is 10.8. The van der Waals surface area contributed by atoms with E-state index >= 15 is 0 Å². The minimum absolute atomic E-state index is 0.0637. The van der Waals surface area contributed by atoms with Gasteiger partial charge in [0, 0.05) is 17.2 Å². The van der Waals surface area contributed by atoms with Crippen LogP contribution in [0.4, 0.5) is 5.69 Å². The van der Waals surface area contributed by atoms with Crippen LogP contribution in [0, 0.1) is 17.0 Å². The molecule has 21 heavy (non-hydrogen) atoms. The Morgan fingerprint density at radius 1 is 1.38 bits per heavy atom. The summed E-state index contributed by atoms with van der Waals surface area (Å²) in [5.41, 5.74) is 6.87. The lowest BCUT2D eigenvalue weighted by Crippen LogP contribution is -2.36. The maximum Gasteiger partial charge on any atom is 0.272 e. The Balaban J connectivity index is 2.38. The molecule has 0 amide bonds. The minimum atomic E-state index is -0.614. The second kappa shape index (κ2) is 5.61. The summed E-state index contributed by atoms with van der Waals surface area (Å²) < 4.78 is 5.24. The molecule has 0 radical (unpaired) electrons. The Labute approximate surface area is 122 Å². The van der Waals surface area contributed by atoms with Gasteiger partial charge in [-0.05, 0) is 31.9 Å². The van der Waals surface area contributed by atoms with E-state index in [0.717, 1.165) is 0 Å². The lowest BCUT2D eigenvalue weighted by molar-refractivity contribution is -0.385. The molecule has 0 saturated heterocycles. The fourth-order valence-corrected chi connectivity index (χ4v) is 2.10. The predicted octanol–water partition coefficient (Wildman–Crippen LogP) is 2.93. The molecule has 0 atom stereocenters. The van der Waals surface area contributed by atoms with Crippen LogP contribution >= 0.6 is 0 Å². The molecule has 0 spiro atoms. The van der Waals surface area contributed by atoms with Gasteiger partial charge in [-0.25, -0.2) is 0 Å². The number of hydrogen-bond donors (Lipinski definition) is 1. The van der Waals surface area contributed by atoms with Gasteiger partial charge in [-0.1, -0.05) is 19.0 Å².